The summed E-state index contributed by atoms with van der Waals surface area (Å²) < 4.78 is 1.92. The number of carboxylic acid groups (broad SMARTS) is 1. The first-order chi connectivity index (χ1) is 12.9. The van der Waals surface area contributed by atoms with Crippen molar-refractivity contribution in [3.05, 3.63) is 52.8 Å². The lowest BCUT2D eigenvalue weighted by Gasteiger charge is -2.24. The van der Waals surface area contributed by atoms with Gasteiger partial charge in [-0.15, -0.1) is 0 Å². The molecule has 1 N–H and O–H groups in total. The van der Waals surface area contributed by atoms with E-state index < -0.39 is 12.0 Å². The van der Waals surface area contributed by atoms with Crippen LogP contribution < -0.4 is 0 Å². The van der Waals surface area contributed by atoms with E-state index in [9.17, 15) is 14.7 Å². The molecule has 1 aliphatic carbocycles. The number of aromatic nitrogens is 2. The first-order valence-electron chi connectivity index (χ1n) is 9.58. The molecule has 4 rings (SSSR count). The van der Waals surface area contributed by atoms with Crippen molar-refractivity contribution in [3.63, 3.8) is 0 Å². The molecule has 27 heavy (non-hydrogen) atoms. The van der Waals surface area contributed by atoms with Crippen LogP contribution in [-0.2, 0) is 11.3 Å². The molecule has 0 bridgehead atoms. The molecule has 2 heterocycles. The van der Waals surface area contributed by atoms with Crippen LogP contribution in [0.1, 0.15) is 46.6 Å². The van der Waals surface area contributed by atoms with Gasteiger partial charge < -0.3 is 10.0 Å². The summed E-state index contributed by atoms with van der Waals surface area (Å²) >= 11 is 0. The molecule has 6 nitrogen and oxygen atoms in total. The van der Waals surface area contributed by atoms with Gasteiger partial charge in [-0.05, 0) is 62.3 Å². The van der Waals surface area contributed by atoms with Crippen molar-refractivity contribution in [2.75, 3.05) is 6.54 Å². The van der Waals surface area contributed by atoms with Crippen LogP contribution in [0.15, 0.2) is 30.3 Å². The number of hydrogen-bond donors (Lipinski definition) is 1. The molecule has 0 radical (unpaired) electrons. The van der Waals surface area contributed by atoms with Crippen molar-refractivity contribution in [2.45, 2.75) is 45.7 Å². The highest BCUT2D eigenvalue weighted by atomic mass is 16.4. The van der Waals surface area contributed by atoms with Crippen molar-refractivity contribution in [1.29, 1.82) is 0 Å². The van der Waals surface area contributed by atoms with Gasteiger partial charge in [0, 0.05) is 17.8 Å². The topological polar surface area (TPSA) is 75.4 Å². The van der Waals surface area contributed by atoms with E-state index in [4.69, 9.17) is 0 Å². The number of carbonyl (C=O) groups is 2. The summed E-state index contributed by atoms with van der Waals surface area (Å²) in [4.78, 5) is 26.5. The summed E-state index contributed by atoms with van der Waals surface area (Å²) in [5.74, 6) is -0.624. The monoisotopic (exact) mass is 367 g/mol. The van der Waals surface area contributed by atoms with Crippen LogP contribution in [0.3, 0.4) is 0 Å². The molecule has 6 heteroatoms. The van der Waals surface area contributed by atoms with Crippen molar-refractivity contribution in [2.24, 2.45) is 11.8 Å². The Morgan fingerprint density at radius 1 is 1.22 bits per heavy atom. The first kappa shape index (κ1) is 17.8. The Bertz CT molecular complexity index is 889. The molecule has 1 saturated carbocycles. The highest BCUT2D eigenvalue weighted by Gasteiger charge is 2.49. The van der Waals surface area contributed by atoms with Gasteiger partial charge in [-0.1, -0.05) is 18.6 Å². The van der Waals surface area contributed by atoms with Crippen molar-refractivity contribution >= 4 is 11.9 Å². The molecule has 2 aromatic rings. The molecule has 1 amide bonds. The lowest BCUT2D eigenvalue weighted by atomic mass is 9.94. The number of likely N-dealkylation sites (tertiary alicyclic amines) is 1. The molecule has 1 saturated heterocycles. The SMILES string of the molecule is Cc1cc(C)n(Cc2cccc(C(=O)N3CC4CCCC4C3C(=O)O)c2)n1. The van der Waals surface area contributed by atoms with Gasteiger partial charge in [-0.2, -0.15) is 5.10 Å². The highest BCUT2D eigenvalue weighted by Crippen LogP contribution is 2.42. The molecule has 1 aliphatic heterocycles. The average Bonchev–Trinajstić information content (AvgIpc) is 3.28. The van der Waals surface area contributed by atoms with E-state index in [-0.39, 0.29) is 11.8 Å². The van der Waals surface area contributed by atoms with Crippen LogP contribution in [0.5, 0.6) is 0 Å². The number of hydrogen-bond acceptors (Lipinski definition) is 3. The third-order valence-corrected chi connectivity index (χ3v) is 6.01. The van der Waals surface area contributed by atoms with Gasteiger partial charge in [-0.3, -0.25) is 9.48 Å². The van der Waals surface area contributed by atoms with E-state index in [2.05, 4.69) is 5.10 Å². The van der Waals surface area contributed by atoms with E-state index in [1.165, 1.54) is 0 Å². The van der Waals surface area contributed by atoms with Gasteiger partial charge in [0.25, 0.3) is 5.91 Å². The Balaban J connectivity index is 1.57. The van der Waals surface area contributed by atoms with Crippen LogP contribution in [0, 0.1) is 25.7 Å². The molecule has 2 fully saturated rings. The third-order valence-electron chi connectivity index (χ3n) is 6.01. The number of amides is 1. The van der Waals surface area contributed by atoms with Crippen LogP contribution in [0.2, 0.25) is 0 Å². The van der Waals surface area contributed by atoms with Crippen molar-refractivity contribution in [3.8, 4) is 0 Å². The normalized spacial score (nSPS) is 24.2. The highest BCUT2D eigenvalue weighted by molar-refractivity contribution is 5.97. The summed E-state index contributed by atoms with van der Waals surface area (Å²) in [5, 5.41) is 14.2. The van der Waals surface area contributed by atoms with E-state index >= 15 is 0 Å². The van der Waals surface area contributed by atoms with E-state index in [1.807, 2.05) is 42.8 Å². The Labute approximate surface area is 158 Å². The number of aliphatic carboxylic acids is 1. The standard InChI is InChI=1S/C21H25N3O3/c1-13-9-14(2)24(22-13)11-15-5-3-6-16(10-15)20(25)23-12-17-7-4-8-18(17)19(23)21(26)27/h3,5-6,9-10,17-19H,4,7-8,11-12H2,1-2H3,(H,26,27). The number of fused-ring (bicyclic) bond motifs is 1. The second-order valence-electron chi connectivity index (χ2n) is 7.88. The van der Waals surface area contributed by atoms with Gasteiger partial charge >= 0.3 is 5.97 Å². The van der Waals surface area contributed by atoms with Crippen LogP contribution >= 0.6 is 0 Å². The molecular weight excluding hydrogens is 342 g/mol. The van der Waals surface area contributed by atoms with Crippen molar-refractivity contribution < 1.29 is 14.7 Å². The predicted molar refractivity (Wildman–Crippen MR) is 101 cm³/mol. The van der Waals surface area contributed by atoms with Crippen LogP contribution in [0.4, 0.5) is 0 Å². The quantitative estimate of drug-likeness (QED) is 0.902. The Morgan fingerprint density at radius 3 is 2.74 bits per heavy atom. The molecule has 3 atom stereocenters. The van der Waals surface area contributed by atoms with Gasteiger partial charge in [0.05, 0.1) is 12.2 Å². The second-order valence-corrected chi connectivity index (χ2v) is 7.88. The maximum atomic E-state index is 13.1. The fourth-order valence-electron chi connectivity index (χ4n) is 4.81. The molecule has 1 aromatic heterocycles. The minimum absolute atomic E-state index is 0.101. The molecule has 142 valence electrons. The van der Waals surface area contributed by atoms with Gasteiger partial charge in [-0.25, -0.2) is 4.79 Å². The van der Waals surface area contributed by atoms with Crippen molar-refractivity contribution in [1.82, 2.24) is 14.7 Å². The van der Waals surface area contributed by atoms with Gasteiger partial charge in [0.2, 0.25) is 0 Å². The fourth-order valence-corrected chi connectivity index (χ4v) is 4.81. The largest absolute Gasteiger partial charge is 0.480 e. The smallest absolute Gasteiger partial charge is 0.326 e. The maximum absolute atomic E-state index is 13.1. The van der Waals surface area contributed by atoms with E-state index in [0.717, 1.165) is 36.2 Å². The summed E-state index contributed by atoms with van der Waals surface area (Å²) in [5.41, 5.74) is 3.58. The zero-order valence-corrected chi connectivity index (χ0v) is 15.8. The molecular formula is C21H25N3O3. The molecule has 3 unspecified atom stereocenters. The summed E-state index contributed by atoms with van der Waals surface area (Å²) in [6, 6.07) is 8.81. The lowest BCUT2D eigenvalue weighted by molar-refractivity contribution is -0.142. The third kappa shape index (κ3) is 3.24. The minimum atomic E-state index is -0.878. The Morgan fingerprint density at radius 2 is 2.04 bits per heavy atom. The van der Waals surface area contributed by atoms with E-state index in [1.54, 1.807) is 11.0 Å². The lowest BCUT2D eigenvalue weighted by Crippen LogP contribution is -2.43. The minimum Gasteiger partial charge on any atom is -0.480 e. The van der Waals surface area contributed by atoms with Gasteiger partial charge in [0.15, 0.2) is 0 Å². The number of carbonyl (C=O) groups excluding carboxylic acids is 1. The number of nitrogens with zero attached hydrogens (tertiary/aromatic N) is 3. The summed E-state index contributed by atoms with van der Waals surface area (Å²) in [6.07, 6.45) is 3.00. The Hall–Kier alpha value is -2.63. The molecule has 2 aliphatic rings. The number of rotatable bonds is 4. The number of aryl methyl sites for hydroxylation is 2. The maximum Gasteiger partial charge on any atom is 0.326 e. The number of carboxylic acids is 1. The van der Waals surface area contributed by atoms with Crippen LogP contribution in [-0.4, -0.2) is 44.3 Å². The first-order valence-corrected chi connectivity index (χ1v) is 9.58. The predicted octanol–water partition coefficient (Wildman–Crippen LogP) is 2.87. The number of benzene rings is 1. The molecule has 0 spiro atoms. The fraction of sp³-hybridized carbons (Fsp3) is 0.476. The van der Waals surface area contributed by atoms with Gasteiger partial charge in [0.1, 0.15) is 6.04 Å². The van der Waals surface area contributed by atoms with Crippen LogP contribution in [0.25, 0.3) is 0 Å². The summed E-state index contributed by atoms with van der Waals surface area (Å²) in [7, 11) is 0. The Kier molecular flexibility index (Phi) is 4.50. The zero-order chi connectivity index (χ0) is 19.1. The zero-order valence-electron chi connectivity index (χ0n) is 15.8. The second kappa shape index (κ2) is 6.83. The average molecular weight is 367 g/mol. The summed E-state index contributed by atoms with van der Waals surface area (Å²) in [6.45, 7) is 5.12. The van der Waals surface area contributed by atoms with E-state index in [0.29, 0.717) is 24.6 Å². The molecule has 1 aromatic carbocycles.